The van der Waals surface area contributed by atoms with Crippen LogP contribution >= 0.6 is 0 Å². The second-order valence-corrected chi connectivity index (χ2v) is 4.28. The maximum Gasteiger partial charge on any atom is 0.0366 e. The third-order valence-electron chi connectivity index (χ3n) is 3.38. The summed E-state index contributed by atoms with van der Waals surface area (Å²) in [5, 5.41) is 10.7. The van der Waals surface area contributed by atoms with E-state index in [0.717, 1.165) is 32.2 Å². The highest BCUT2D eigenvalue weighted by atomic mass is 16.5. The van der Waals surface area contributed by atoms with Crippen LogP contribution < -0.4 is 0 Å². The van der Waals surface area contributed by atoms with Crippen LogP contribution in [0.5, 0.6) is 0 Å². The quantitative estimate of drug-likeness (QED) is 0.666. The van der Waals surface area contributed by atoms with Crippen molar-refractivity contribution < 1.29 is 5.21 Å². The van der Waals surface area contributed by atoms with Crippen molar-refractivity contribution in [2.45, 2.75) is 38.1 Å². The number of piperazine rings is 1. The molecule has 0 spiro atoms. The van der Waals surface area contributed by atoms with Gasteiger partial charge in [0.2, 0.25) is 0 Å². The number of hydroxylamine groups is 2. The SMILES string of the molecule is ON1CCN(C2CCCCC2)CC1. The van der Waals surface area contributed by atoms with Gasteiger partial charge in [-0.1, -0.05) is 19.3 Å². The van der Waals surface area contributed by atoms with Gasteiger partial charge in [0, 0.05) is 32.2 Å². The Hall–Kier alpha value is -0.120. The van der Waals surface area contributed by atoms with E-state index in [9.17, 15) is 5.21 Å². The van der Waals surface area contributed by atoms with Crippen LogP contribution in [0.3, 0.4) is 0 Å². The summed E-state index contributed by atoms with van der Waals surface area (Å²) >= 11 is 0. The zero-order chi connectivity index (χ0) is 9.10. The first kappa shape index (κ1) is 9.44. The Balaban J connectivity index is 1.79. The molecule has 0 bridgehead atoms. The molecule has 3 nitrogen and oxygen atoms in total. The van der Waals surface area contributed by atoms with Gasteiger partial charge >= 0.3 is 0 Å². The van der Waals surface area contributed by atoms with Gasteiger partial charge < -0.3 is 5.21 Å². The third kappa shape index (κ3) is 2.42. The summed E-state index contributed by atoms with van der Waals surface area (Å²) in [6.45, 7) is 3.77. The molecular weight excluding hydrogens is 164 g/mol. The van der Waals surface area contributed by atoms with Crippen LogP contribution in [0.25, 0.3) is 0 Å². The smallest absolute Gasteiger partial charge is 0.0366 e. The Morgan fingerprint density at radius 2 is 1.46 bits per heavy atom. The van der Waals surface area contributed by atoms with Crippen molar-refractivity contribution in [2.75, 3.05) is 26.2 Å². The highest BCUT2D eigenvalue weighted by Gasteiger charge is 2.24. The van der Waals surface area contributed by atoms with Crippen LogP contribution in [0.2, 0.25) is 0 Å². The molecule has 2 fully saturated rings. The van der Waals surface area contributed by atoms with E-state index in [1.54, 1.807) is 0 Å². The molecule has 1 saturated carbocycles. The summed E-state index contributed by atoms with van der Waals surface area (Å²) in [7, 11) is 0. The Morgan fingerprint density at radius 1 is 0.846 bits per heavy atom. The van der Waals surface area contributed by atoms with Crippen LogP contribution in [0.1, 0.15) is 32.1 Å². The molecule has 0 unspecified atom stereocenters. The molecule has 1 aliphatic carbocycles. The fraction of sp³-hybridized carbons (Fsp3) is 1.00. The van der Waals surface area contributed by atoms with Crippen LogP contribution in [-0.4, -0.2) is 47.4 Å². The minimum absolute atomic E-state index is 0.822. The summed E-state index contributed by atoms with van der Waals surface area (Å²) in [4.78, 5) is 2.56. The molecule has 1 aliphatic heterocycles. The second-order valence-electron chi connectivity index (χ2n) is 4.28. The average molecular weight is 184 g/mol. The molecule has 13 heavy (non-hydrogen) atoms. The minimum atomic E-state index is 0.822. The molecule has 0 atom stereocenters. The Bertz CT molecular complexity index is 149. The first-order valence-corrected chi connectivity index (χ1v) is 5.54. The summed E-state index contributed by atoms with van der Waals surface area (Å²) < 4.78 is 0. The van der Waals surface area contributed by atoms with Gasteiger partial charge in [-0.05, 0) is 12.8 Å². The normalized spacial score (nSPS) is 29.3. The monoisotopic (exact) mass is 184 g/mol. The number of hydrogen-bond acceptors (Lipinski definition) is 3. The van der Waals surface area contributed by atoms with Crippen molar-refractivity contribution in [2.24, 2.45) is 0 Å². The van der Waals surface area contributed by atoms with Crippen LogP contribution in [-0.2, 0) is 0 Å². The van der Waals surface area contributed by atoms with Crippen molar-refractivity contribution in [3.8, 4) is 0 Å². The predicted octanol–water partition coefficient (Wildman–Crippen LogP) is 1.33. The van der Waals surface area contributed by atoms with E-state index in [1.807, 2.05) is 0 Å². The molecule has 1 heterocycles. The maximum atomic E-state index is 9.23. The van der Waals surface area contributed by atoms with Crippen molar-refractivity contribution in [3.05, 3.63) is 0 Å². The molecule has 0 amide bonds. The average Bonchev–Trinajstić information content (AvgIpc) is 2.20. The van der Waals surface area contributed by atoms with Crippen molar-refractivity contribution in [1.29, 1.82) is 0 Å². The van der Waals surface area contributed by atoms with Gasteiger partial charge in [0.25, 0.3) is 0 Å². The maximum absolute atomic E-state index is 9.23. The molecule has 3 heteroatoms. The molecule has 2 rings (SSSR count). The highest BCUT2D eigenvalue weighted by Crippen LogP contribution is 2.23. The van der Waals surface area contributed by atoms with Crippen LogP contribution in [0.15, 0.2) is 0 Å². The van der Waals surface area contributed by atoms with Crippen molar-refractivity contribution in [3.63, 3.8) is 0 Å². The van der Waals surface area contributed by atoms with Crippen molar-refractivity contribution >= 4 is 0 Å². The summed E-state index contributed by atoms with van der Waals surface area (Å²) in [6, 6.07) is 0.822. The highest BCUT2D eigenvalue weighted by molar-refractivity contribution is 4.78. The van der Waals surface area contributed by atoms with Crippen molar-refractivity contribution in [1.82, 2.24) is 9.96 Å². The van der Waals surface area contributed by atoms with E-state index in [-0.39, 0.29) is 0 Å². The first-order chi connectivity index (χ1) is 6.36. The van der Waals surface area contributed by atoms with Crippen LogP contribution in [0.4, 0.5) is 0 Å². The zero-order valence-corrected chi connectivity index (χ0v) is 8.28. The van der Waals surface area contributed by atoms with E-state index in [2.05, 4.69) is 4.90 Å². The Morgan fingerprint density at radius 3 is 2.08 bits per heavy atom. The molecule has 0 radical (unpaired) electrons. The van der Waals surface area contributed by atoms with Gasteiger partial charge in [-0.3, -0.25) is 4.90 Å². The van der Waals surface area contributed by atoms with Gasteiger partial charge in [0.15, 0.2) is 0 Å². The van der Waals surface area contributed by atoms with E-state index in [1.165, 1.54) is 37.2 Å². The summed E-state index contributed by atoms with van der Waals surface area (Å²) in [5.41, 5.74) is 0. The predicted molar refractivity (Wildman–Crippen MR) is 51.8 cm³/mol. The topological polar surface area (TPSA) is 26.7 Å². The second kappa shape index (κ2) is 4.40. The Kier molecular flexibility index (Phi) is 3.19. The van der Waals surface area contributed by atoms with Gasteiger partial charge in [-0.25, -0.2) is 0 Å². The number of rotatable bonds is 1. The lowest BCUT2D eigenvalue weighted by atomic mass is 9.94. The van der Waals surface area contributed by atoms with E-state index < -0.39 is 0 Å². The summed E-state index contributed by atoms with van der Waals surface area (Å²) in [6.07, 6.45) is 7.00. The standard InChI is InChI=1S/C10H20N2O/c13-12-8-6-11(7-9-12)10-4-2-1-3-5-10/h10,13H,1-9H2. The van der Waals surface area contributed by atoms with Gasteiger partial charge in [0.1, 0.15) is 0 Å². The lowest BCUT2D eigenvalue weighted by Crippen LogP contribution is -2.49. The third-order valence-corrected chi connectivity index (χ3v) is 3.38. The molecule has 76 valence electrons. The Labute approximate surface area is 80.3 Å². The molecule has 2 aliphatic rings. The molecule has 0 aromatic carbocycles. The van der Waals surface area contributed by atoms with E-state index >= 15 is 0 Å². The lowest BCUT2D eigenvalue weighted by molar-refractivity contribution is -0.123. The fourth-order valence-electron chi connectivity index (χ4n) is 2.52. The first-order valence-electron chi connectivity index (χ1n) is 5.54. The number of nitrogens with zero attached hydrogens (tertiary/aromatic N) is 2. The van der Waals surface area contributed by atoms with E-state index in [0.29, 0.717) is 0 Å². The van der Waals surface area contributed by atoms with Gasteiger partial charge in [-0.15, -0.1) is 0 Å². The molecule has 1 N–H and O–H groups in total. The molecule has 1 saturated heterocycles. The van der Waals surface area contributed by atoms with Gasteiger partial charge in [-0.2, -0.15) is 5.06 Å². The summed E-state index contributed by atoms with van der Waals surface area (Å²) in [5.74, 6) is 0. The number of hydrogen-bond donors (Lipinski definition) is 1. The fourth-order valence-corrected chi connectivity index (χ4v) is 2.52. The molecule has 0 aromatic heterocycles. The molecular formula is C10H20N2O. The van der Waals surface area contributed by atoms with Gasteiger partial charge in [0.05, 0.1) is 0 Å². The molecule has 0 aromatic rings. The minimum Gasteiger partial charge on any atom is -0.314 e. The largest absolute Gasteiger partial charge is 0.314 e. The lowest BCUT2D eigenvalue weighted by Gasteiger charge is -2.38. The zero-order valence-electron chi connectivity index (χ0n) is 8.28. The van der Waals surface area contributed by atoms with E-state index in [4.69, 9.17) is 0 Å². The van der Waals surface area contributed by atoms with Crippen LogP contribution in [0, 0.1) is 0 Å².